The zero-order chi connectivity index (χ0) is 7.68. The third-order valence-corrected chi connectivity index (χ3v) is 2.56. The third kappa shape index (κ3) is 1.09. The molecule has 1 aliphatic heterocycles. The number of thiazole rings is 1. The number of aromatic nitrogens is 1. The van der Waals surface area contributed by atoms with Gasteiger partial charge < -0.3 is 0 Å². The summed E-state index contributed by atoms with van der Waals surface area (Å²) < 4.78 is 0. The number of quaternary nitrogens is 1. The summed E-state index contributed by atoms with van der Waals surface area (Å²) in [6, 6.07) is 0. The van der Waals surface area contributed by atoms with Gasteiger partial charge in [-0.3, -0.25) is 0 Å². The fourth-order valence-corrected chi connectivity index (χ4v) is 1.94. The van der Waals surface area contributed by atoms with E-state index < -0.39 is 0 Å². The molecule has 11 heavy (non-hydrogen) atoms. The molecular formula is C7H9N2OS+. The molecule has 58 valence electrons. The summed E-state index contributed by atoms with van der Waals surface area (Å²) in [6.45, 7) is 0.895. The van der Waals surface area contributed by atoms with Crippen molar-refractivity contribution in [2.45, 2.75) is 0 Å². The fraction of sp³-hybridized carbons (Fsp3) is 0.286. The molecule has 0 aromatic carbocycles. The van der Waals surface area contributed by atoms with Crippen LogP contribution in [0.1, 0.15) is 5.69 Å². The van der Waals surface area contributed by atoms with Gasteiger partial charge in [0.05, 0.1) is 12.6 Å². The SMILES string of the molecule is CO[NH+]1CC=Cc2ncsc21. The lowest BCUT2D eigenvalue weighted by Crippen LogP contribution is -3.05. The van der Waals surface area contributed by atoms with Crippen molar-refractivity contribution in [2.75, 3.05) is 13.7 Å². The van der Waals surface area contributed by atoms with Crippen LogP contribution in [-0.4, -0.2) is 18.6 Å². The summed E-state index contributed by atoms with van der Waals surface area (Å²) in [7, 11) is 1.71. The number of nitrogens with zero attached hydrogens (tertiary/aromatic N) is 1. The maximum Gasteiger partial charge on any atom is 0.246 e. The Kier molecular flexibility index (Phi) is 1.73. The first-order valence-corrected chi connectivity index (χ1v) is 4.30. The molecule has 1 aliphatic rings. The molecule has 4 heteroatoms. The van der Waals surface area contributed by atoms with E-state index in [9.17, 15) is 0 Å². The lowest BCUT2D eigenvalue weighted by Gasteiger charge is -2.13. The van der Waals surface area contributed by atoms with E-state index in [1.54, 1.807) is 18.4 Å². The van der Waals surface area contributed by atoms with Crippen LogP contribution in [0.15, 0.2) is 11.6 Å². The maximum absolute atomic E-state index is 5.21. The van der Waals surface area contributed by atoms with Gasteiger partial charge in [0.1, 0.15) is 12.2 Å². The Morgan fingerprint density at radius 1 is 1.73 bits per heavy atom. The van der Waals surface area contributed by atoms with Crippen LogP contribution in [0.3, 0.4) is 0 Å². The van der Waals surface area contributed by atoms with Crippen molar-refractivity contribution in [3.05, 3.63) is 17.3 Å². The monoisotopic (exact) mass is 169 g/mol. The lowest BCUT2D eigenvalue weighted by atomic mass is 10.3. The minimum absolute atomic E-state index is 0.895. The van der Waals surface area contributed by atoms with Crippen LogP contribution in [0.4, 0.5) is 5.00 Å². The fourth-order valence-electron chi connectivity index (χ4n) is 1.13. The van der Waals surface area contributed by atoms with E-state index in [4.69, 9.17) is 4.84 Å². The molecule has 0 saturated carbocycles. The van der Waals surface area contributed by atoms with Crippen LogP contribution in [0, 0.1) is 0 Å². The van der Waals surface area contributed by atoms with E-state index in [-0.39, 0.29) is 0 Å². The van der Waals surface area contributed by atoms with Crippen molar-refractivity contribution in [1.82, 2.24) is 4.98 Å². The van der Waals surface area contributed by atoms with Crippen LogP contribution in [0.2, 0.25) is 0 Å². The second-order valence-electron chi connectivity index (χ2n) is 2.30. The van der Waals surface area contributed by atoms with Gasteiger partial charge in [-0.05, 0) is 12.2 Å². The van der Waals surface area contributed by atoms with Crippen molar-refractivity contribution in [3.63, 3.8) is 0 Å². The molecule has 0 aliphatic carbocycles. The highest BCUT2D eigenvalue weighted by Crippen LogP contribution is 2.18. The Hall–Kier alpha value is -0.710. The zero-order valence-corrected chi connectivity index (χ0v) is 7.02. The normalized spacial score (nSPS) is 21.7. The number of nitrogens with one attached hydrogen (secondary N) is 1. The van der Waals surface area contributed by atoms with Crippen molar-refractivity contribution in [1.29, 1.82) is 0 Å². The van der Waals surface area contributed by atoms with Gasteiger partial charge in [-0.1, -0.05) is 11.3 Å². The smallest absolute Gasteiger partial charge is 0.239 e. The van der Waals surface area contributed by atoms with E-state index >= 15 is 0 Å². The quantitative estimate of drug-likeness (QED) is 0.652. The Balaban J connectivity index is 2.41. The van der Waals surface area contributed by atoms with Gasteiger partial charge in [0.2, 0.25) is 5.00 Å². The molecule has 0 bridgehead atoms. The van der Waals surface area contributed by atoms with Crippen molar-refractivity contribution in [2.24, 2.45) is 0 Å². The second-order valence-corrected chi connectivity index (χ2v) is 3.16. The summed E-state index contributed by atoms with van der Waals surface area (Å²) in [5.74, 6) is 0. The summed E-state index contributed by atoms with van der Waals surface area (Å²) in [5.41, 5.74) is 2.89. The van der Waals surface area contributed by atoms with Gasteiger partial charge >= 0.3 is 0 Å². The van der Waals surface area contributed by atoms with Crippen LogP contribution >= 0.6 is 11.3 Å². The third-order valence-electron chi connectivity index (χ3n) is 1.67. The topological polar surface area (TPSA) is 26.6 Å². The van der Waals surface area contributed by atoms with Gasteiger partial charge in [-0.25, -0.2) is 9.82 Å². The molecule has 1 atom stereocenters. The highest BCUT2D eigenvalue weighted by molar-refractivity contribution is 7.13. The Bertz CT molecular complexity index is 282. The first-order chi connectivity index (χ1) is 5.42. The van der Waals surface area contributed by atoms with Crippen LogP contribution in [0.25, 0.3) is 6.08 Å². The standard InChI is InChI=1S/C7H8N2OS/c1-10-9-4-2-3-6-7(9)11-5-8-6/h2-3,5H,4H2,1H3/p+1. The molecule has 1 unspecified atom stereocenters. The van der Waals surface area contributed by atoms with E-state index in [1.807, 2.05) is 11.6 Å². The maximum atomic E-state index is 5.21. The largest absolute Gasteiger partial charge is 0.246 e. The minimum Gasteiger partial charge on any atom is -0.239 e. The Labute approximate surface area is 68.9 Å². The van der Waals surface area contributed by atoms with Gasteiger partial charge in [-0.2, -0.15) is 0 Å². The molecule has 2 heterocycles. The van der Waals surface area contributed by atoms with Crippen molar-refractivity contribution in [3.8, 4) is 0 Å². The highest BCUT2D eigenvalue weighted by Gasteiger charge is 2.20. The first kappa shape index (κ1) is 6.97. The number of hydroxylamine groups is 1. The average Bonchev–Trinajstić information content (AvgIpc) is 2.50. The number of hydrogen-bond donors (Lipinski definition) is 1. The van der Waals surface area contributed by atoms with Gasteiger partial charge in [0.15, 0.2) is 0 Å². The predicted molar refractivity (Wildman–Crippen MR) is 43.6 cm³/mol. The average molecular weight is 169 g/mol. The summed E-state index contributed by atoms with van der Waals surface area (Å²) in [5, 5.41) is 2.21. The molecule has 0 radical (unpaired) electrons. The summed E-state index contributed by atoms with van der Waals surface area (Å²) in [4.78, 5) is 9.40. The van der Waals surface area contributed by atoms with E-state index in [2.05, 4.69) is 11.1 Å². The lowest BCUT2D eigenvalue weighted by molar-refractivity contribution is -1.03. The predicted octanol–water partition coefficient (Wildman–Crippen LogP) is 0.248. The minimum atomic E-state index is 0.895. The van der Waals surface area contributed by atoms with Crippen LogP contribution < -0.4 is 5.06 Å². The molecule has 0 spiro atoms. The second kappa shape index (κ2) is 2.73. The molecule has 3 nitrogen and oxygen atoms in total. The van der Waals surface area contributed by atoms with Gasteiger partial charge in [-0.15, -0.1) is 5.06 Å². The Morgan fingerprint density at radius 3 is 3.45 bits per heavy atom. The molecule has 2 rings (SSSR count). The van der Waals surface area contributed by atoms with E-state index in [0.717, 1.165) is 17.3 Å². The molecule has 1 N–H and O–H groups in total. The molecule has 0 saturated heterocycles. The number of hydrogen-bond acceptors (Lipinski definition) is 3. The molecule has 1 aromatic heterocycles. The zero-order valence-electron chi connectivity index (χ0n) is 6.20. The molecule has 0 fully saturated rings. The Morgan fingerprint density at radius 2 is 2.64 bits per heavy atom. The van der Waals surface area contributed by atoms with Gasteiger partial charge in [0, 0.05) is 0 Å². The summed E-state index contributed by atoms with van der Waals surface area (Å²) >= 11 is 1.63. The van der Waals surface area contributed by atoms with Crippen LogP contribution in [0.5, 0.6) is 0 Å². The summed E-state index contributed by atoms with van der Waals surface area (Å²) in [6.07, 6.45) is 4.11. The highest BCUT2D eigenvalue weighted by atomic mass is 32.1. The molecule has 1 aromatic rings. The number of rotatable bonds is 1. The van der Waals surface area contributed by atoms with E-state index in [1.165, 1.54) is 5.00 Å². The molecule has 0 amide bonds. The van der Waals surface area contributed by atoms with Crippen LogP contribution in [-0.2, 0) is 4.84 Å². The van der Waals surface area contributed by atoms with Crippen molar-refractivity contribution < 1.29 is 9.90 Å². The first-order valence-electron chi connectivity index (χ1n) is 3.42. The van der Waals surface area contributed by atoms with Gasteiger partial charge in [0.25, 0.3) is 0 Å². The van der Waals surface area contributed by atoms with Crippen molar-refractivity contribution >= 4 is 22.4 Å². The van der Waals surface area contributed by atoms with E-state index in [0.29, 0.717) is 0 Å². The molecular weight excluding hydrogens is 160 g/mol. The number of fused-ring (bicyclic) bond motifs is 1.